The van der Waals surface area contributed by atoms with Gasteiger partial charge < -0.3 is 15.2 Å². The Morgan fingerprint density at radius 2 is 1.89 bits per heavy atom. The predicted octanol–water partition coefficient (Wildman–Crippen LogP) is 3.08. The van der Waals surface area contributed by atoms with Gasteiger partial charge in [-0.1, -0.05) is 12.1 Å². The van der Waals surface area contributed by atoms with E-state index in [0.717, 1.165) is 11.3 Å². The minimum absolute atomic E-state index is 0.373. The fraction of sp³-hybridized carbons (Fsp3) is 0.214. The van der Waals surface area contributed by atoms with Gasteiger partial charge in [-0.2, -0.15) is 4.98 Å². The highest BCUT2D eigenvalue weighted by Gasteiger charge is 2.07. The number of anilines is 1. The summed E-state index contributed by atoms with van der Waals surface area (Å²) in [6, 6.07) is 9.34. The summed E-state index contributed by atoms with van der Waals surface area (Å²) in [5.74, 6) is 1.63. The number of nitrogens with two attached hydrogens (primary N) is 1. The van der Waals surface area contributed by atoms with Gasteiger partial charge in [-0.15, -0.1) is 0 Å². The molecule has 0 fully saturated rings. The van der Waals surface area contributed by atoms with Crippen LogP contribution in [0.3, 0.4) is 0 Å². The second-order valence-electron chi connectivity index (χ2n) is 4.05. The van der Waals surface area contributed by atoms with Crippen LogP contribution < -0.4 is 15.2 Å². The fourth-order valence-electron chi connectivity index (χ4n) is 1.60. The van der Waals surface area contributed by atoms with E-state index in [0.29, 0.717) is 17.4 Å². The van der Waals surface area contributed by atoms with Gasteiger partial charge in [0, 0.05) is 6.07 Å². The second-order valence-corrected chi connectivity index (χ2v) is 4.05. The Bertz CT molecular complexity index is 568. The summed E-state index contributed by atoms with van der Waals surface area (Å²) in [6.45, 7) is 4.05. The van der Waals surface area contributed by atoms with Gasteiger partial charge in [-0.25, -0.2) is 0 Å². The standard InChI is InChI=1S/C14H16N2O2/c1-9-5-4-6-12(10(9)2)18-13-8-7-11(15)14(16-13)17-3/h4-8H,15H2,1-3H3. The van der Waals surface area contributed by atoms with Crippen molar-refractivity contribution in [3.63, 3.8) is 0 Å². The molecule has 0 saturated carbocycles. The zero-order valence-corrected chi connectivity index (χ0v) is 10.7. The number of ether oxygens (including phenoxy) is 2. The van der Waals surface area contributed by atoms with Crippen LogP contribution in [-0.4, -0.2) is 12.1 Å². The first-order valence-corrected chi connectivity index (χ1v) is 5.66. The van der Waals surface area contributed by atoms with Crippen LogP contribution in [0, 0.1) is 13.8 Å². The first-order chi connectivity index (χ1) is 8.61. The van der Waals surface area contributed by atoms with Crippen LogP contribution in [-0.2, 0) is 0 Å². The molecule has 1 aromatic heterocycles. The van der Waals surface area contributed by atoms with E-state index in [1.54, 1.807) is 12.1 Å². The lowest BCUT2D eigenvalue weighted by Gasteiger charge is -2.11. The third-order valence-electron chi connectivity index (χ3n) is 2.83. The molecule has 1 aromatic carbocycles. The molecule has 0 aliphatic carbocycles. The molecule has 4 heteroatoms. The van der Waals surface area contributed by atoms with Crippen LogP contribution in [0.4, 0.5) is 5.69 Å². The van der Waals surface area contributed by atoms with Crippen LogP contribution >= 0.6 is 0 Å². The van der Waals surface area contributed by atoms with Crippen LogP contribution in [0.15, 0.2) is 30.3 Å². The Labute approximate surface area is 106 Å². The lowest BCUT2D eigenvalue weighted by Crippen LogP contribution is -1.97. The van der Waals surface area contributed by atoms with E-state index in [1.165, 1.54) is 12.7 Å². The quantitative estimate of drug-likeness (QED) is 0.901. The minimum atomic E-state index is 0.373. The second kappa shape index (κ2) is 4.96. The zero-order chi connectivity index (χ0) is 13.1. The lowest BCUT2D eigenvalue weighted by molar-refractivity contribution is 0.385. The Morgan fingerprint density at radius 3 is 2.61 bits per heavy atom. The van der Waals surface area contributed by atoms with E-state index < -0.39 is 0 Å². The number of aryl methyl sites for hydroxylation is 1. The molecule has 0 saturated heterocycles. The highest BCUT2D eigenvalue weighted by Crippen LogP contribution is 2.28. The maximum absolute atomic E-state index is 5.74. The molecule has 0 aliphatic heterocycles. The molecular weight excluding hydrogens is 228 g/mol. The van der Waals surface area contributed by atoms with Gasteiger partial charge in [0.2, 0.25) is 11.8 Å². The number of rotatable bonds is 3. The lowest BCUT2D eigenvalue weighted by atomic mass is 10.1. The first-order valence-electron chi connectivity index (χ1n) is 5.66. The van der Waals surface area contributed by atoms with E-state index in [1.807, 2.05) is 32.0 Å². The van der Waals surface area contributed by atoms with Crippen LogP contribution in [0.5, 0.6) is 17.5 Å². The molecule has 2 N–H and O–H groups in total. The molecule has 1 heterocycles. The maximum atomic E-state index is 5.74. The molecule has 4 nitrogen and oxygen atoms in total. The van der Waals surface area contributed by atoms with Crippen molar-refractivity contribution in [2.75, 3.05) is 12.8 Å². The topological polar surface area (TPSA) is 57.4 Å². The monoisotopic (exact) mass is 244 g/mol. The number of hydrogen-bond donors (Lipinski definition) is 1. The number of nitrogens with zero attached hydrogens (tertiary/aromatic N) is 1. The largest absolute Gasteiger partial charge is 0.479 e. The van der Waals surface area contributed by atoms with Gasteiger partial charge in [-0.3, -0.25) is 0 Å². The summed E-state index contributed by atoms with van der Waals surface area (Å²) < 4.78 is 10.8. The van der Waals surface area contributed by atoms with Crippen molar-refractivity contribution in [1.82, 2.24) is 4.98 Å². The summed E-state index contributed by atoms with van der Waals surface area (Å²) in [7, 11) is 1.53. The van der Waals surface area contributed by atoms with Crippen molar-refractivity contribution in [3.8, 4) is 17.5 Å². The van der Waals surface area contributed by atoms with E-state index in [2.05, 4.69) is 4.98 Å². The molecule has 0 bridgehead atoms. The average Bonchev–Trinajstić information content (AvgIpc) is 2.37. The number of nitrogen functional groups attached to an aromatic ring is 1. The predicted molar refractivity (Wildman–Crippen MR) is 71.2 cm³/mol. The van der Waals surface area contributed by atoms with E-state index in [4.69, 9.17) is 15.2 Å². The van der Waals surface area contributed by atoms with Gasteiger partial charge in [0.05, 0.1) is 12.8 Å². The molecule has 0 unspecified atom stereocenters. The highest BCUT2D eigenvalue weighted by atomic mass is 16.5. The van der Waals surface area contributed by atoms with Crippen LogP contribution in [0.1, 0.15) is 11.1 Å². The highest BCUT2D eigenvalue weighted by molar-refractivity contribution is 5.50. The number of aromatic nitrogens is 1. The summed E-state index contributed by atoms with van der Waals surface area (Å²) >= 11 is 0. The summed E-state index contributed by atoms with van der Waals surface area (Å²) in [4.78, 5) is 4.19. The molecular formula is C14H16N2O2. The third kappa shape index (κ3) is 2.37. The van der Waals surface area contributed by atoms with Crippen molar-refractivity contribution in [3.05, 3.63) is 41.5 Å². The molecule has 2 aromatic rings. The smallest absolute Gasteiger partial charge is 0.240 e. The number of methoxy groups -OCH3 is 1. The summed E-state index contributed by atoms with van der Waals surface area (Å²) in [5, 5.41) is 0. The molecule has 94 valence electrons. The summed E-state index contributed by atoms with van der Waals surface area (Å²) in [5.41, 5.74) is 8.46. The SMILES string of the molecule is COc1nc(Oc2cccc(C)c2C)ccc1N. The minimum Gasteiger partial charge on any atom is -0.479 e. The number of benzene rings is 1. The number of hydrogen-bond acceptors (Lipinski definition) is 4. The summed E-state index contributed by atoms with van der Waals surface area (Å²) in [6.07, 6.45) is 0. The normalized spacial score (nSPS) is 10.2. The molecule has 2 rings (SSSR count). The van der Waals surface area contributed by atoms with Crippen molar-refractivity contribution >= 4 is 5.69 Å². The van der Waals surface area contributed by atoms with Gasteiger partial charge in [0.15, 0.2) is 0 Å². The van der Waals surface area contributed by atoms with Gasteiger partial charge in [0.25, 0.3) is 0 Å². The van der Waals surface area contributed by atoms with E-state index >= 15 is 0 Å². The maximum Gasteiger partial charge on any atom is 0.240 e. The molecule has 18 heavy (non-hydrogen) atoms. The van der Waals surface area contributed by atoms with E-state index in [-0.39, 0.29) is 0 Å². The van der Waals surface area contributed by atoms with Crippen LogP contribution in [0.25, 0.3) is 0 Å². The first kappa shape index (κ1) is 12.2. The van der Waals surface area contributed by atoms with Gasteiger partial charge >= 0.3 is 0 Å². The van der Waals surface area contributed by atoms with Gasteiger partial charge in [-0.05, 0) is 37.1 Å². The molecule has 0 aliphatic rings. The van der Waals surface area contributed by atoms with Crippen molar-refractivity contribution < 1.29 is 9.47 Å². The average molecular weight is 244 g/mol. The van der Waals surface area contributed by atoms with Crippen molar-refractivity contribution in [1.29, 1.82) is 0 Å². The fourth-order valence-corrected chi connectivity index (χ4v) is 1.60. The Morgan fingerprint density at radius 1 is 1.11 bits per heavy atom. The van der Waals surface area contributed by atoms with Crippen molar-refractivity contribution in [2.24, 2.45) is 0 Å². The number of pyridine rings is 1. The Hall–Kier alpha value is -2.23. The Balaban J connectivity index is 2.31. The van der Waals surface area contributed by atoms with E-state index in [9.17, 15) is 0 Å². The Kier molecular flexibility index (Phi) is 3.37. The molecule has 0 atom stereocenters. The third-order valence-corrected chi connectivity index (χ3v) is 2.83. The molecule has 0 radical (unpaired) electrons. The van der Waals surface area contributed by atoms with Crippen LogP contribution in [0.2, 0.25) is 0 Å². The molecule has 0 amide bonds. The zero-order valence-electron chi connectivity index (χ0n) is 10.7. The molecule has 0 spiro atoms. The van der Waals surface area contributed by atoms with Gasteiger partial charge in [0.1, 0.15) is 5.75 Å². The van der Waals surface area contributed by atoms with Crippen molar-refractivity contribution in [2.45, 2.75) is 13.8 Å².